The molecule has 6 aliphatic rings. The molecule has 2 aliphatic carbocycles. The average Bonchev–Trinajstić information content (AvgIpc) is 1.54. The summed E-state index contributed by atoms with van der Waals surface area (Å²) >= 11 is 0. The summed E-state index contributed by atoms with van der Waals surface area (Å²) in [4.78, 5) is 18.9. The Morgan fingerprint density at radius 2 is 0.789 bits per heavy atom. The zero-order chi connectivity index (χ0) is 71.1. The first-order valence-electron chi connectivity index (χ1n) is 37.9. The molecule has 0 radical (unpaired) electrons. The van der Waals surface area contributed by atoms with E-state index in [1.165, 1.54) is 96.9 Å². The van der Waals surface area contributed by atoms with Gasteiger partial charge in [-0.15, -0.1) is 0 Å². The number of aryl methyl sites for hydroxylation is 6. The Bertz CT molecular complexity index is 4240. The highest BCUT2D eigenvalue weighted by Crippen LogP contribution is 2.59. The van der Waals surface area contributed by atoms with Gasteiger partial charge >= 0.3 is 0 Å². The van der Waals surface area contributed by atoms with Crippen molar-refractivity contribution in [2.24, 2.45) is 21.7 Å². The van der Waals surface area contributed by atoms with Gasteiger partial charge < -0.3 is 28.4 Å². The van der Waals surface area contributed by atoms with E-state index in [-0.39, 0.29) is 27.9 Å². The van der Waals surface area contributed by atoms with Crippen molar-refractivity contribution >= 4 is 66.9 Å². The molecule has 6 fully saturated rings. The lowest BCUT2D eigenvalue weighted by Crippen LogP contribution is -2.44. The summed E-state index contributed by atoms with van der Waals surface area (Å²) in [5, 5.41) is 4.58. The minimum atomic E-state index is -2.38. The van der Waals surface area contributed by atoms with Crippen molar-refractivity contribution < 1.29 is 18.4 Å². The van der Waals surface area contributed by atoms with E-state index in [2.05, 4.69) is 194 Å². The van der Waals surface area contributed by atoms with Crippen LogP contribution in [0.2, 0.25) is 0 Å². The molecule has 484 valence electrons. The fourth-order valence-electron chi connectivity index (χ4n) is 18.8. The van der Waals surface area contributed by atoms with Crippen molar-refractivity contribution in [2.45, 2.75) is 288 Å². The van der Waals surface area contributed by atoms with E-state index in [0.29, 0.717) is 17.5 Å². The number of pyridine rings is 2. The van der Waals surface area contributed by atoms with E-state index in [9.17, 15) is 0 Å². The average molecular weight is 1220 g/mol. The third-order valence-electron chi connectivity index (χ3n) is 23.0. The van der Waals surface area contributed by atoms with E-state index in [1.54, 1.807) is 20.8 Å². The molecule has 4 aliphatic heterocycles. The molecule has 5 unspecified atom stereocenters. The molecule has 8 heteroatoms. The Morgan fingerprint density at radius 1 is 0.400 bits per heavy atom. The fourth-order valence-corrected chi connectivity index (χ4v) is 18.8. The van der Waals surface area contributed by atoms with E-state index in [0.717, 1.165) is 80.7 Å². The number of hydrogen-bond acceptors (Lipinski definition) is 8. The number of furan rings is 2. The zero-order valence-electron chi connectivity index (χ0n) is 66.0. The molecular formula is C82H114N6O2. The van der Waals surface area contributed by atoms with Gasteiger partial charge in [0.25, 0.3) is 0 Å². The first kappa shape index (κ1) is 56.7. The van der Waals surface area contributed by atoms with Crippen LogP contribution in [-0.4, -0.2) is 56.3 Å². The minimum absolute atomic E-state index is 0.0876. The van der Waals surface area contributed by atoms with Crippen molar-refractivity contribution in [1.82, 2.24) is 9.97 Å². The van der Waals surface area contributed by atoms with Crippen LogP contribution in [0.15, 0.2) is 106 Å². The molecule has 90 heavy (non-hydrogen) atoms. The smallest absolute Gasteiger partial charge is 0.227 e. The highest BCUT2D eigenvalue weighted by atomic mass is 16.3. The van der Waals surface area contributed by atoms with Crippen LogP contribution >= 0.6 is 0 Å². The third kappa shape index (κ3) is 11.5. The van der Waals surface area contributed by atoms with E-state index >= 15 is 0 Å². The third-order valence-corrected chi connectivity index (χ3v) is 23.0. The van der Waals surface area contributed by atoms with Crippen LogP contribution in [0.1, 0.15) is 244 Å². The number of hydrogen-bond donors (Lipinski definition) is 0. The van der Waals surface area contributed by atoms with Gasteiger partial charge in [0.15, 0.2) is 11.2 Å². The number of benzene rings is 4. The molecule has 14 rings (SSSR count). The molecule has 0 bridgehead atoms. The maximum absolute atomic E-state index is 9.04. The van der Waals surface area contributed by atoms with Gasteiger partial charge in [-0.2, -0.15) is 0 Å². The quantitative estimate of drug-likeness (QED) is 0.173. The molecule has 8 nitrogen and oxygen atoms in total. The van der Waals surface area contributed by atoms with Gasteiger partial charge in [0, 0.05) is 100 Å². The lowest BCUT2D eigenvalue weighted by atomic mass is 9.68. The number of anilines is 4. The van der Waals surface area contributed by atoms with Crippen LogP contribution in [0, 0.1) is 63.2 Å². The van der Waals surface area contributed by atoms with Crippen LogP contribution < -0.4 is 19.6 Å². The maximum atomic E-state index is 9.04. The Kier molecular flexibility index (Phi) is 14.8. The molecule has 4 saturated heterocycles. The van der Waals surface area contributed by atoms with Gasteiger partial charge in [0.05, 0.1) is 11.4 Å². The second kappa shape index (κ2) is 23.5. The Labute approximate surface area is 553 Å². The highest BCUT2D eigenvalue weighted by molar-refractivity contribution is 6.10. The summed E-state index contributed by atoms with van der Waals surface area (Å²) < 4.78 is 72.0. The van der Waals surface area contributed by atoms with E-state index in [1.807, 2.05) is 56.9 Å². The standard InChI is InChI=1S/C25H32N2O.C22H28N2O.C19H29N.C16H25N/c1-16-9-11-19-20-12-10-17(2)26-23(20)28-22(19)21(16)27-18(3)25(15-24(27,4)5)13-7-6-8-14-25;1-13-8-10-16-17-11-9-14(2)23-20(17)25-19(16)18(13)24-15(3)21(4,5)12-22(24,6)7;1-15-10-6-7-11-17(15)20-16(2)19(14-18(20,3)4)12-8-5-9-13-19;1-12-9-7-8-10-14(12)17-13(2)15(3,4)11-16(17,5)6/h9-12,18H,6-8,13-15H2,1-5H3;8-11,15H,12H2,1-7H3;6-7,10-11,16H,5,8-9,12-14H2,1-4H3;7-10,13H,11H2,1-6H3/i;;14D2;3D3,11D2. The highest BCUT2D eigenvalue weighted by Gasteiger charge is 2.56. The summed E-state index contributed by atoms with van der Waals surface area (Å²) in [6.45, 7) is 42.7. The molecule has 8 aromatic rings. The van der Waals surface area contributed by atoms with Crippen molar-refractivity contribution in [3.05, 3.63) is 131 Å². The van der Waals surface area contributed by atoms with Crippen LogP contribution in [0.5, 0.6) is 0 Å². The summed E-state index contributed by atoms with van der Waals surface area (Å²) in [6, 6.07) is 34.2. The largest absolute Gasteiger partial charge is 0.436 e. The number of rotatable bonds is 4. The van der Waals surface area contributed by atoms with Crippen LogP contribution in [-0.2, 0) is 0 Å². The monoisotopic (exact) mass is 1220 g/mol. The lowest BCUT2D eigenvalue weighted by molar-refractivity contribution is 0.170. The van der Waals surface area contributed by atoms with Crippen molar-refractivity contribution in [3.63, 3.8) is 0 Å². The van der Waals surface area contributed by atoms with Gasteiger partial charge in [-0.25, -0.2) is 9.97 Å². The second-order valence-corrected chi connectivity index (χ2v) is 32.0. The van der Waals surface area contributed by atoms with Crippen LogP contribution in [0.4, 0.5) is 22.7 Å². The lowest BCUT2D eigenvalue weighted by Gasteiger charge is -2.41. The first-order chi connectivity index (χ1) is 45.0. The molecule has 4 aromatic heterocycles. The van der Waals surface area contributed by atoms with Gasteiger partial charge in [-0.3, -0.25) is 0 Å². The number of fused-ring (bicyclic) bond motifs is 6. The van der Waals surface area contributed by atoms with Crippen LogP contribution in [0.25, 0.3) is 44.1 Å². The fraction of sp³-hybridized carbons (Fsp3) is 0.585. The minimum Gasteiger partial charge on any atom is -0.436 e. The predicted octanol–water partition coefficient (Wildman–Crippen LogP) is 22.6. The number of aromatic nitrogens is 2. The van der Waals surface area contributed by atoms with Gasteiger partial charge in [-0.05, 0) is 256 Å². The van der Waals surface area contributed by atoms with Crippen molar-refractivity contribution in [3.8, 4) is 0 Å². The maximum Gasteiger partial charge on any atom is 0.227 e. The van der Waals surface area contributed by atoms with E-state index < -0.39 is 42.1 Å². The van der Waals surface area contributed by atoms with Gasteiger partial charge in [0.2, 0.25) is 11.4 Å². The number of para-hydroxylation sites is 2. The Morgan fingerprint density at radius 3 is 1.22 bits per heavy atom. The molecule has 0 N–H and O–H groups in total. The SMILES string of the molecule is Cc1ccc2c(n1)oc1c(N3C(C)C(C)(C)CC3(C)C)c(C)ccc12.Cc1ccc2c(n1)oc1c(N3C(C)C4(CCCCC4)CC3(C)C)c(C)ccc12.[2H]C([2H])([2H])C1(C)C(C)N(c2ccccc2C)C(C)(C)C1([2H])[2H].[2H]C1([2H])C2(CCCCC2)C(C)N(c2ccccc2C)C1(C)C. The topological polar surface area (TPSA) is 65.0 Å². The first-order valence-corrected chi connectivity index (χ1v) is 34.4. The molecular weight excluding hydrogens is 1100 g/mol. The van der Waals surface area contributed by atoms with Gasteiger partial charge in [-0.1, -0.05) is 127 Å². The molecule has 5 atom stereocenters. The second-order valence-electron chi connectivity index (χ2n) is 32.0. The van der Waals surface area contributed by atoms with Crippen LogP contribution in [0.3, 0.4) is 0 Å². The Balaban J connectivity index is 0.000000132. The van der Waals surface area contributed by atoms with E-state index in [4.69, 9.17) is 18.4 Å². The normalized spacial score (nSPS) is 28.3. The molecule has 4 aromatic carbocycles. The molecule has 8 heterocycles. The molecule has 0 amide bonds. The predicted molar refractivity (Wildman–Crippen MR) is 385 cm³/mol. The number of nitrogens with zero attached hydrogens (tertiary/aromatic N) is 6. The summed E-state index contributed by atoms with van der Waals surface area (Å²) in [7, 11) is 0. The summed E-state index contributed by atoms with van der Waals surface area (Å²) in [5.74, 6) is 0. The van der Waals surface area contributed by atoms with Crippen molar-refractivity contribution in [1.29, 1.82) is 0 Å². The van der Waals surface area contributed by atoms with Crippen molar-refractivity contribution in [2.75, 3.05) is 19.6 Å². The zero-order valence-corrected chi connectivity index (χ0v) is 59.0. The molecule has 2 spiro atoms. The summed E-state index contributed by atoms with van der Waals surface area (Å²) in [6.07, 6.45) is 11.9. The molecule has 2 saturated carbocycles. The Hall–Kier alpha value is -6.02. The van der Waals surface area contributed by atoms with Gasteiger partial charge in [0.1, 0.15) is 0 Å². The summed E-state index contributed by atoms with van der Waals surface area (Å²) in [5.41, 5.74) is 12.8.